The van der Waals surface area contributed by atoms with Gasteiger partial charge in [-0.3, -0.25) is 10.1 Å². The normalized spacial score (nSPS) is 23.6. The quantitative estimate of drug-likeness (QED) is 0.898. The van der Waals surface area contributed by atoms with Gasteiger partial charge in [0.15, 0.2) is 0 Å². The van der Waals surface area contributed by atoms with E-state index in [0.29, 0.717) is 5.92 Å². The lowest BCUT2D eigenvalue weighted by Gasteiger charge is -2.27. The molecule has 0 bridgehead atoms. The van der Waals surface area contributed by atoms with Gasteiger partial charge in [0.05, 0.1) is 12.2 Å². The summed E-state index contributed by atoms with van der Waals surface area (Å²) in [6, 6.07) is 0.0105. The Kier molecular flexibility index (Phi) is 4.63. The first-order valence-electron chi connectivity index (χ1n) is 7.12. The molecule has 0 aromatic carbocycles. The molecule has 1 aromatic heterocycles. The minimum absolute atomic E-state index is 0.0105. The average molecular weight is 280 g/mol. The van der Waals surface area contributed by atoms with Gasteiger partial charge in [-0.15, -0.1) is 0 Å². The number of rotatable bonds is 5. The summed E-state index contributed by atoms with van der Waals surface area (Å²) in [4.78, 5) is 14.5. The molecule has 1 N–H and O–H groups in total. The Bertz CT molecular complexity index is 441. The summed E-state index contributed by atoms with van der Waals surface area (Å²) in [7, 11) is 0. The molecule has 1 aliphatic heterocycles. The van der Waals surface area contributed by atoms with Gasteiger partial charge in [0.25, 0.3) is 0 Å². The summed E-state index contributed by atoms with van der Waals surface area (Å²) in [6.45, 7) is 9.34. The summed E-state index contributed by atoms with van der Waals surface area (Å²) in [6.07, 6.45) is 2.14. The second-order valence-corrected chi connectivity index (χ2v) is 6.49. The largest absolute Gasteiger partial charge is 0.321 e. The number of amides is 1. The summed E-state index contributed by atoms with van der Waals surface area (Å²) in [5, 5.41) is 7.81. The molecule has 2 rings (SSSR count). The number of hydrogen-bond acceptors (Lipinski definition) is 3. The highest BCUT2D eigenvalue weighted by Gasteiger charge is 2.39. The van der Waals surface area contributed by atoms with E-state index >= 15 is 0 Å². The first kappa shape index (κ1) is 14.5. The highest BCUT2D eigenvalue weighted by atomic mass is 32.1. The number of thiophene rings is 1. The number of nitrogens with zero attached hydrogens (tertiary/aromatic N) is 1. The molecule has 1 aromatic rings. The van der Waals surface area contributed by atoms with Crippen LogP contribution in [0.4, 0.5) is 0 Å². The van der Waals surface area contributed by atoms with Crippen LogP contribution in [-0.2, 0) is 11.3 Å². The van der Waals surface area contributed by atoms with Crippen molar-refractivity contribution in [2.45, 2.75) is 59.3 Å². The van der Waals surface area contributed by atoms with E-state index < -0.39 is 0 Å². The van der Waals surface area contributed by atoms with Crippen LogP contribution in [0.5, 0.6) is 0 Å². The van der Waals surface area contributed by atoms with Gasteiger partial charge < -0.3 is 4.90 Å². The Morgan fingerprint density at radius 1 is 1.42 bits per heavy atom. The molecular formula is C15H24N2OS. The van der Waals surface area contributed by atoms with Crippen LogP contribution >= 0.6 is 11.3 Å². The molecule has 0 saturated carbocycles. The van der Waals surface area contributed by atoms with Crippen LogP contribution in [-0.4, -0.2) is 23.0 Å². The van der Waals surface area contributed by atoms with E-state index in [1.54, 1.807) is 11.3 Å². The Morgan fingerprint density at radius 2 is 2.16 bits per heavy atom. The summed E-state index contributed by atoms with van der Waals surface area (Å²) in [5.74, 6) is 0.705. The Balaban J connectivity index is 2.15. The molecule has 0 aliphatic carbocycles. The van der Waals surface area contributed by atoms with Crippen LogP contribution < -0.4 is 5.32 Å². The molecule has 2 unspecified atom stereocenters. The van der Waals surface area contributed by atoms with Gasteiger partial charge >= 0.3 is 0 Å². The molecule has 1 fully saturated rings. The molecule has 106 valence electrons. The minimum Gasteiger partial charge on any atom is -0.321 e. The van der Waals surface area contributed by atoms with Gasteiger partial charge in [0.1, 0.15) is 0 Å². The summed E-state index contributed by atoms with van der Waals surface area (Å²) in [5.41, 5.74) is 2.57. The molecule has 1 saturated heterocycles. The monoisotopic (exact) mass is 280 g/mol. The smallest absolute Gasteiger partial charge is 0.241 e. The number of carbonyl (C=O) groups excluding carboxylic acids is 1. The van der Waals surface area contributed by atoms with Crippen LogP contribution in [0, 0.1) is 12.8 Å². The third-order valence-corrected chi connectivity index (χ3v) is 4.71. The van der Waals surface area contributed by atoms with Crippen LogP contribution in [0.1, 0.15) is 44.7 Å². The van der Waals surface area contributed by atoms with E-state index in [9.17, 15) is 4.79 Å². The fourth-order valence-electron chi connectivity index (χ4n) is 2.66. The molecule has 1 aliphatic rings. The van der Waals surface area contributed by atoms with E-state index in [1.165, 1.54) is 11.1 Å². The lowest BCUT2D eigenvalue weighted by molar-refractivity contribution is -0.131. The maximum absolute atomic E-state index is 12.5. The topological polar surface area (TPSA) is 32.3 Å². The fourth-order valence-corrected chi connectivity index (χ4v) is 3.51. The van der Waals surface area contributed by atoms with Crippen molar-refractivity contribution in [3.8, 4) is 0 Å². The van der Waals surface area contributed by atoms with Gasteiger partial charge in [0, 0.05) is 6.54 Å². The van der Waals surface area contributed by atoms with Crippen LogP contribution in [0.2, 0.25) is 0 Å². The Labute approximate surface area is 120 Å². The maximum Gasteiger partial charge on any atom is 0.241 e. The van der Waals surface area contributed by atoms with Crippen molar-refractivity contribution in [3.05, 3.63) is 21.9 Å². The number of nitrogens with one attached hydrogen (secondary N) is 1. The third kappa shape index (κ3) is 3.00. The third-order valence-electron chi connectivity index (χ3n) is 3.80. The van der Waals surface area contributed by atoms with E-state index in [2.05, 4.69) is 43.8 Å². The van der Waals surface area contributed by atoms with Crippen LogP contribution in [0.15, 0.2) is 10.8 Å². The second-order valence-electron chi connectivity index (χ2n) is 5.74. The zero-order valence-electron chi connectivity index (χ0n) is 12.3. The number of carbonyl (C=O) groups is 1. The Morgan fingerprint density at radius 3 is 2.68 bits per heavy atom. The van der Waals surface area contributed by atoms with E-state index in [1.807, 2.05) is 4.90 Å². The van der Waals surface area contributed by atoms with Crippen molar-refractivity contribution in [1.29, 1.82) is 0 Å². The number of aryl methyl sites for hydroxylation is 1. The van der Waals surface area contributed by atoms with E-state index in [-0.39, 0.29) is 18.1 Å². The molecule has 3 nitrogen and oxygen atoms in total. The number of hydrogen-bond donors (Lipinski definition) is 1. The predicted molar refractivity (Wildman–Crippen MR) is 80.1 cm³/mol. The van der Waals surface area contributed by atoms with Crippen molar-refractivity contribution >= 4 is 17.2 Å². The van der Waals surface area contributed by atoms with Crippen molar-refractivity contribution in [1.82, 2.24) is 10.2 Å². The van der Waals surface area contributed by atoms with E-state index in [4.69, 9.17) is 0 Å². The summed E-state index contributed by atoms with van der Waals surface area (Å²) >= 11 is 1.71. The SMILES string of the molecule is CCCC1NC(C(C)C)N(Cc2cscc2C)C1=O. The van der Waals surface area contributed by atoms with Gasteiger partial charge in [-0.1, -0.05) is 27.2 Å². The zero-order valence-corrected chi connectivity index (χ0v) is 13.1. The van der Waals surface area contributed by atoms with Crippen LogP contribution in [0.25, 0.3) is 0 Å². The maximum atomic E-state index is 12.5. The minimum atomic E-state index is 0.0105. The Hall–Kier alpha value is -0.870. The molecular weight excluding hydrogens is 256 g/mol. The first-order chi connectivity index (χ1) is 9.04. The molecule has 2 atom stereocenters. The van der Waals surface area contributed by atoms with Crippen LogP contribution in [0.3, 0.4) is 0 Å². The van der Waals surface area contributed by atoms with Gasteiger partial charge in [-0.05, 0) is 41.1 Å². The zero-order chi connectivity index (χ0) is 14.0. The van der Waals surface area contributed by atoms with Gasteiger partial charge in [-0.2, -0.15) is 11.3 Å². The van der Waals surface area contributed by atoms with Crippen molar-refractivity contribution < 1.29 is 4.79 Å². The highest BCUT2D eigenvalue weighted by molar-refractivity contribution is 7.08. The molecule has 4 heteroatoms. The molecule has 0 spiro atoms. The van der Waals surface area contributed by atoms with Gasteiger partial charge in [0.2, 0.25) is 5.91 Å². The first-order valence-corrected chi connectivity index (χ1v) is 8.07. The average Bonchev–Trinajstić information content (AvgIpc) is 2.89. The van der Waals surface area contributed by atoms with E-state index in [0.717, 1.165) is 19.4 Å². The summed E-state index contributed by atoms with van der Waals surface area (Å²) < 4.78 is 0. The lowest BCUT2D eigenvalue weighted by Crippen LogP contribution is -2.41. The molecule has 0 radical (unpaired) electrons. The van der Waals surface area contributed by atoms with Gasteiger partial charge in [-0.25, -0.2) is 0 Å². The molecule has 1 amide bonds. The van der Waals surface area contributed by atoms with Crippen molar-refractivity contribution in [2.75, 3.05) is 0 Å². The second kappa shape index (κ2) is 6.06. The molecule has 19 heavy (non-hydrogen) atoms. The lowest BCUT2D eigenvalue weighted by atomic mass is 10.1. The van der Waals surface area contributed by atoms with Crippen molar-refractivity contribution in [2.24, 2.45) is 5.92 Å². The predicted octanol–water partition coefficient (Wildman–Crippen LogP) is 3.14. The molecule has 2 heterocycles. The fraction of sp³-hybridized carbons (Fsp3) is 0.667. The standard InChI is InChI=1S/C15H24N2OS/c1-5-6-13-15(18)17(14(16-13)10(2)3)7-12-9-19-8-11(12)4/h8-10,13-14,16H,5-7H2,1-4H3. The van der Waals surface area contributed by atoms with Crippen molar-refractivity contribution in [3.63, 3.8) is 0 Å². The highest BCUT2D eigenvalue weighted by Crippen LogP contribution is 2.24.